The van der Waals surface area contributed by atoms with Crippen LogP contribution >= 0.6 is 0 Å². The first-order valence-corrected chi connectivity index (χ1v) is 8.49. The van der Waals surface area contributed by atoms with Gasteiger partial charge < -0.3 is 14.4 Å². The molecule has 25 heavy (non-hydrogen) atoms. The molecule has 1 aromatic rings. The van der Waals surface area contributed by atoms with Crippen molar-refractivity contribution in [2.24, 2.45) is 11.8 Å². The fourth-order valence-electron chi connectivity index (χ4n) is 3.42. The molecule has 1 fully saturated rings. The SMILES string of the molecule is CCC(C(=O)NO)C1CCCN(Cc2ccc(OC)cc2OC)C1=O. The highest BCUT2D eigenvalue weighted by atomic mass is 16.5. The Morgan fingerprint density at radius 2 is 2.16 bits per heavy atom. The molecule has 0 bridgehead atoms. The Labute approximate surface area is 147 Å². The molecular formula is C18H26N2O5. The summed E-state index contributed by atoms with van der Waals surface area (Å²) in [5.41, 5.74) is 2.57. The van der Waals surface area contributed by atoms with Gasteiger partial charge >= 0.3 is 0 Å². The standard InChI is InChI=1S/C18H26N2O5/c1-4-14(17(21)19-23)15-6-5-9-20(18(15)22)11-12-7-8-13(24-2)10-16(12)25-3/h7-8,10,14-15,23H,4-6,9,11H2,1-3H3,(H,19,21). The Morgan fingerprint density at radius 3 is 2.76 bits per heavy atom. The van der Waals surface area contributed by atoms with Gasteiger partial charge in [0.15, 0.2) is 0 Å². The highest BCUT2D eigenvalue weighted by Gasteiger charge is 2.37. The number of hydrogen-bond donors (Lipinski definition) is 2. The lowest BCUT2D eigenvalue weighted by atomic mass is 9.82. The number of likely N-dealkylation sites (tertiary alicyclic amines) is 1. The van der Waals surface area contributed by atoms with Gasteiger partial charge in [0.25, 0.3) is 0 Å². The van der Waals surface area contributed by atoms with Crippen LogP contribution in [0.25, 0.3) is 0 Å². The molecule has 1 saturated heterocycles. The molecule has 1 aliphatic rings. The summed E-state index contributed by atoms with van der Waals surface area (Å²) in [4.78, 5) is 26.5. The number of ether oxygens (including phenoxy) is 2. The maximum Gasteiger partial charge on any atom is 0.247 e. The van der Waals surface area contributed by atoms with E-state index >= 15 is 0 Å². The van der Waals surface area contributed by atoms with Crippen molar-refractivity contribution >= 4 is 11.8 Å². The molecule has 0 radical (unpaired) electrons. The predicted octanol–water partition coefficient (Wildman–Crippen LogP) is 1.97. The maximum absolute atomic E-state index is 12.9. The molecule has 0 aliphatic carbocycles. The molecular weight excluding hydrogens is 324 g/mol. The molecule has 7 heteroatoms. The minimum atomic E-state index is -0.516. The third-order valence-electron chi connectivity index (χ3n) is 4.80. The molecule has 2 amide bonds. The van der Waals surface area contributed by atoms with E-state index in [1.165, 1.54) is 0 Å². The van der Waals surface area contributed by atoms with Crippen LogP contribution in [-0.4, -0.2) is 42.7 Å². The van der Waals surface area contributed by atoms with Crippen molar-refractivity contribution < 1.29 is 24.3 Å². The molecule has 1 aromatic carbocycles. The van der Waals surface area contributed by atoms with Crippen LogP contribution in [0.4, 0.5) is 0 Å². The van der Waals surface area contributed by atoms with Gasteiger partial charge in [-0.3, -0.25) is 14.8 Å². The number of nitrogens with one attached hydrogen (secondary N) is 1. The van der Waals surface area contributed by atoms with Crippen LogP contribution in [0.3, 0.4) is 0 Å². The maximum atomic E-state index is 12.9. The summed E-state index contributed by atoms with van der Waals surface area (Å²) in [6, 6.07) is 5.50. The van der Waals surface area contributed by atoms with Gasteiger partial charge in [-0.05, 0) is 31.4 Å². The lowest BCUT2D eigenvalue weighted by molar-refractivity contribution is -0.148. The fourth-order valence-corrected chi connectivity index (χ4v) is 3.42. The fraction of sp³-hybridized carbons (Fsp3) is 0.556. The summed E-state index contributed by atoms with van der Waals surface area (Å²) in [6.07, 6.45) is 1.98. The number of hydroxylamine groups is 1. The van der Waals surface area contributed by atoms with Crippen molar-refractivity contribution in [3.05, 3.63) is 23.8 Å². The second-order valence-corrected chi connectivity index (χ2v) is 6.18. The quantitative estimate of drug-likeness (QED) is 0.580. The normalized spacial score (nSPS) is 18.6. The number of benzene rings is 1. The van der Waals surface area contributed by atoms with Crippen molar-refractivity contribution in [3.63, 3.8) is 0 Å². The van der Waals surface area contributed by atoms with E-state index in [1.54, 1.807) is 30.7 Å². The first kappa shape index (κ1) is 19.1. The number of methoxy groups -OCH3 is 2. The predicted molar refractivity (Wildman–Crippen MR) is 91.4 cm³/mol. The molecule has 0 spiro atoms. The second kappa shape index (κ2) is 8.71. The zero-order valence-electron chi connectivity index (χ0n) is 14.9. The molecule has 1 aliphatic heterocycles. The van der Waals surface area contributed by atoms with E-state index in [1.807, 2.05) is 19.1 Å². The van der Waals surface area contributed by atoms with Crippen LogP contribution < -0.4 is 15.0 Å². The minimum Gasteiger partial charge on any atom is -0.497 e. The number of carbonyl (C=O) groups is 2. The Kier molecular flexibility index (Phi) is 6.64. The van der Waals surface area contributed by atoms with Gasteiger partial charge in [-0.1, -0.05) is 6.92 Å². The Bertz CT molecular complexity index is 619. The number of carbonyl (C=O) groups excluding carboxylic acids is 2. The lowest BCUT2D eigenvalue weighted by Crippen LogP contribution is -2.46. The zero-order valence-corrected chi connectivity index (χ0v) is 14.9. The topological polar surface area (TPSA) is 88.1 Å². The number of rotatable bonds is 7. The Morgan fingerprint density at radius 1 is 1.40 bits per heavy atom. The molecule has 2 N–H and O–H groups in total. The van der Waals surface area contributed by atoms with Crippen LogP contribution in [0.2, 0.25) is 0 Å². The van der Waals surface area contributed by atoms with Gasteiger partial charge in [0.05, 0.1) is 20.1 Å². The number of amides is 2. The van der Waals surface area contributed by atoms with E-state index in [9.17, 15) is 9.59 Å². The van der Waals surface area contributed by atoms with Crippen LogP contribution in [0.15, 0.2) is 18.2 Å². The van der Waals surface area contributed by atoms with Crippen LogP contribution in [0.5, 0.6) is 11.5 Å². The number of hydrogen-bond acceptors (Lipinski definition) is 5. The van der Waals surface area contributed by atoms with Gasteiger partial charge in [-0.2, -0.15) is 0 Å². The summed E-state index contributed by atoms with van der Waals surface area (Å²) in [5.74, 6) is -0.124. The molecule has 2 rings (SSSR count). The summed E-state index contributed by atoms with van der Waals surface area (Å²) >= 11 is 0. The summed E-state index contributed by atoms with van der Waals surface area (Å²) in [7, 11) is 3.17. The molecule has 2 unspecified atom stereocenters. The smallest absolute Gasteiger partial charge is 0.247 e. The first-order chi connectivity index (χ1) is 12.0. The number of piperidine rings is 1. The molecule has 138 valence electrons. The van der Waals surface area contributed by atoms with Crippen LogP contribution in [-0.2, 0) is 16.1 Å². The largest absolute Gasteiger partial charge is 0.497 e. The van der Waals surface area contributed by atoms with E-state index in [4.69, 9.17) is 14.7 Å². The molecule has 0 aromatic heterocycles. The van der Waals surface area contributed by atoms with Crippen LogP contribution in [0, 0.1) is 11.8 Å². The first-order valence-electron chi connectivity index (χ1n) is 8.49. The van der Waals surface area contributed by atoms with Crippen molar-refractivity contribution in [1.29, 1.82) is 0 Å². The van der Waals surface area contributed by atoms with Crippen LogP contribution in [0.1, 0.15) is 31.7 Å². The average Bonchev–Trinajstić information content (AvgIpc) is 2.65. The van der Waals surface area contributed by atoms with Gasteiger partial charge in [0.1, 0.15) is 11.5 Å². The molecule has 1 heterocycles. The molecule has 0 saturated carbocycles. The van der Waals surface area contributed by atoms with Crippen molar-refractivity contribution in [2.75, 3.05) is 20.8 Å². The average molecular weight is 350 g/mol. The highest BCUT2D eigenvalue weighted by molar-refractivity contribution is 5.87. The van der Waals surface area contributed by atoms with E-state index in [0.29, 0.717) is 37.4 Å². The van der Waals surface area contributed by atoms with Gasteiger partial charge in [-0.25, -0.2) is 5.48 Å². The van der Waals surface area contributed by atoms with E-state index in [-0.39, 0.29) is 5.91 Å². The van der Waals surface area contributed by atoms with Crippen molar-refractivity contribution in [2.45, 2.75) is 32.7 Å². The summed E-state index contributed by atoms with van der Waals surface area (Å²) in [5, 5.41) is 8.92. The van der Waals surface area contributed by atoms with E-state index in [2.05, 4.69) is 0 Å². The third-order valence-corrected chi connectivity index (χ3v) is 4.80. The zero-order chi connectivity index (χ0) is 18.4. The van der Waals surface area contributed by atoms with E-state index in [0.717, 1.165) is 12.0 Å². The van der Waals surface area contributed by atoms with E-state index < -0.39 is 17.7 Å². The number of nitrogens with zero attached hydrogens (tertiary/aromatic N) is 1. The van der Waals surface area contributed by atoms with Gasteiger partial charge in [0, 0.05) is 30.6 Å². The molecule has 2 atom stereocenters. The minimum absolute atomic E-state index is 0.0560. The monoisotopic (exact) mass is 350 g/mol. The lowest BCUT2D eigenvalue weighted by Gasteiger charge is -2.35. The summed E-state index contributed by atoms with van der Waals surface area (Å²) < 4.78 is 10.6. The Hall–Kier alpha value is -2.28. The second-order valence-electron chi connectivity index (χ2n) is 6.18. The van der Waals surface area contributed by atoms with Gasteiger partial charge in [0.2, 0.25) is 11.8 Å². The van der Waals surface area contributed by atoms with Crippen molar-refractivity contribution in [3.8, 4) is 11.5 Å². The Balaban J connectivity index is 2.17. The van der Waals surface area contributed by atoms with Gasteiger partial charge in [-0.15, -0.1) is 0 Å². The highest BCUT2D eigenvalue weighted by Crippen LogP contribution is 2.31. The van der Waals surface area contributed by atoms with Crippen molar-refractivity contribution in [1.82, 2.24) is 10.4 Å². The molecule has 7 nitrogen and oxygen atoms in total. The third kappa shape index (κ3) is 4.22. The summed E-state index contributed by atoms with van der Waals surface area (Å²) in [6.45, 7) is 2.90.